The Morgan fingerprint density at radius 2 is 1.86 bits per heavy atom. The molecule has 2 N–H and O–H groups in total. The van der Waals surface area contributed by atoms with Crippen LogP contribution < -0.4 is 5.32 Å². The molecular weight excluding hydrogens is 306 g/mol. The molecule has 1 aromatic carbocycles. The SMILES string of the molecule is O=C(O)c1cncc(NC(=O)c2cc(F)c(Cl)cc2F)c1. The van der Waals surface area contributed by atoms with E-state index in [-0.39, 0.29) is 11.3 Å². The van der Waals surface area contributed by atoms with Crippen molar-refractivity contribution in [1.82, 2.24) is 4.98 Å². The smallest absolute Gasteiger partial charge is 0.337 e. The predicted octanol–water partition coefficient (Wildman–Crippen LogP) is 2.96. The molecule has 2 rings (SSSR count). The molecule has 0 atom stereocenters. The molecule has 2 aromatic rings. The summed E-state index contributed by atoms with van der Waals surface area (Å²) in [5.74, 6) is -4.13. The number of amides is 1. The first-order chi connectivity index (χ1) is 9.88. The molecule has 108 valence electrons. The van der Waals surface area contributed by atoms with Crippen LogP contribution in [0.15, 0.2) is 30.6 Å². The van der Waals surface area contributed by atoms with Crippen molar-refractivity contribution in [2.75, 3.05) is 5.32 Å². The van der Waals surface area contributed by atoms with Gasteiger partial charge in [0.05, 0.1) is 28.0 Å². The van der Waals surface area contributed by atoms with E-state index in [1.54, 1.807) is 0 Å². The van der Waals surface area contributed by atoms with E-state index in [1.165, 1.54) is 6.20 Å². The summed E-state index contributed by atoms with van der Waals surface area (Å²) in [6.07, 6.45) is 2.26. The molecule has 5 nitrogen and oxygen atoms in total. The maximum atomic E-state index is 13.6. The monoisotopic (exact) mass is 312 g/mol. The molecule has 0 saturated heterocycles. The third-order valence-corrected chi connectivity index (χ3v) is 2.79. The van der Waals surface area contributed by atoms with Crippen LogP contribution in [-0.2, 0) is 0 Å². The number of carboxylic acid groups (broad SMARTS) is 1. The van der Waals surface area contributed by atoms with Crippen LogP contribution in [0.1, 0.15) is 20.7 Å². The van der Waals surface area contributed by atoms with Crippen molar-refractivity contribution < 1.29 is 23.5 Å². The Labute approximate surface area is 122 Å². The van der Waals surface area contributed by atoms with E-state index < -0.39 is 34.1 Å². The number of aromatic carboxylic acids is 1. The van der Waals surface area contributed by atoms with Crippen LogP contribution in [0.2, 0.25) is 5.02 Å². The summed E-state index contributed by atoms with van der Waals surface area (Å²) in [7, 11) is 0. The van der Waals surface area contributed by atoms with Gasteiger partial charge in [-0.2, -0.15) is 0 Å². The van der Waals surface area contributed by atoms with Gasteiger partial charge < -0.3 is 10.4 Å². The molecule has 0 bridgehead atoms. The van der Waals surface area contributed by atoms with Gasteiger partial charge in [0.2, 0.25) is 0 Å². The van der Waals surface area contributed by atoms with Gasteiger partial charge in [-0.15, -0.1) is 0 Å². The van der Waals surface area contributed by atoms with Gasteiger partial charge in [0.15, 0.2) is 0 Å². The van der Waals surface area contributed by atoms with Crippen molar-refractivity contribution in [1.29, 1.82) is 0 Å². The van der Waals surface area contributed by atoms with Crippen LogP contribution in [0.5, 0.6) is 0 Å². The predicted molar refractivity (Wildman–Crippen MR) is 70.5 cm³/mol. The lowest BCUT2D eigenvalue weighted by Crippen LogP contribution is -2.15. The Bertz CT molecular complexity index is 737. The van der Waals surface area contributed by atoms with Gasteiger partial charge in [-0.1, -0.05) is 11.6 Å². The number of aromatic nitrogens is 1. The van der Waals surface area contributed by atoms with Crippen molar-refractivity contribution in [3.05, 3.63) is 58.4 Å². The van der Waals surface area contributed by atoms with E-state index in [4.69, 9.17) is 16.7 Å². The van der Waals surface area contributed by atoms with Gasteiger partial charge in [0, 0.05) is 6.20 Å². The second-order valence-corrected chi connectivity index (χ2v) is 4.37. The molecule has 0 unspecified atom stereocenters. The third-order valence-electron chi connectivity index (χ3n) is 2.50. The van der Waals surface area contributed by atoms with Gasteiger partial charge in [0.25, 0.3) is 5.91 Å². The van der Waals surface area contributed by atoms with E-state index in [1.807, 2.05) is 0 Å². The molecule has 0 saturated carbocycles. The topological polar surface area (TPSA) is 79.3 Å². The Kier molecular flexibility index (Phi) is 4.13. The molecule has 0 spiro atoms. The number of hydrogen-bond acceptors (Lipinski definition) is 3. The fourth-order valence-corrected chi connectivity index (χ4v) is 1.67. The summed E-state index contributed by atoms with van der Waals surface area (Å²) in [6.45, 7) is 0. The molecule has 0 radical (unpaired) electrons. The summed E-state index contributed by atoms with van der Waals surface area (Å²) < 4.78 is 26.8. The zero-order chi connectivity index (χ0) is 15.6. The molecular formula is C13H7ClF2N2O3. The summed E-state index contributed by atoms with van der Waals surface area (Å²) in [5.41, 5.74) is -0.678. The highest BCUT2D eigenvalue weighted by Gasteiger charge is 2.16. The number of benzene rings is 1. The number of carbonyl (C=O) groups excluding carboxylic acids is 1. The van der Waals surface area contributed by atoms with Gasteiger partial charge in [0.1, 0.15) is 11.6 Å². The van der Waals surface area contributed by atoms with E-state index in [0.717, 1.165) is 12.3 Å². The fourth-order valence-electron chi connectivity index (χ4n) is 1.52. The lowest BCUT2D eigenvalue weighted by atomic mass is 10.2. The third kappa shape index (κ3) is 3.32. The van der Waals surface area contributed by atoms with Gasteiger partial charge in [-0.05, 0) is 18.2 Å². The number of anilines is 1. The first-order valence-electron chi connectivity index (χ1n) is 5.52. The van der Waals surface area contributed by atoms with Crippen LogP contribution >= 0.6 is 11.6 Å². The quantitative estimate of drug-likeness (QED) is 0.854. The Morgan fingerprint density at radius 3 is 2.52 bits per heavy atom. The number of carboxylic acids is 1. The zero-order valence-electron chi connectivity index (χ0n) is 10.2. The van der Waals surface area contributed by atoms with Crippen LogP contribution in [0.25, 0.3) is 0 Å². The van der Waals surface area contributed by atoms with E-state index in [0.29, 0.717) is 12.1 Å². The highest BCUT2D eigenvalue weighted by atomic mass is 35.5. The number of nitrogens with one attached hydrogen (secondary N) is 1. The van der Waals surface area contributed by atoms with Crippen molar-refractivity contribution in [2.45, 2.75) is 0 Å². The molecule has 1 aromatic heterocycles. The summed E-state index contributed by atoms with van der Waals surface area (Å²) in [4.78, 5) is 26.2. The summed E-state index contributed by atoms with van der Waals surface area (Å²) >= 11 is 5.38. The lowest BCUT2D eigenvalue weighted by molar-refractivity contribution is 0.0696. The highest BCUT2D eigenvalue weighted by Crippen LogP contribution is 2.20. The van der Waals surface area contributed by atoms with Crippen molar-refractivity contribution >= 4 is 29.2 Å². The van der Waals surface area contributed by atoms with E-state index in [9.17, 15) is 18.4 Å². The van der Waals surface area contributed by atoms with Crippen LogP contribution in [0.3, 0.4) is 0 Å². The maximum absolute atomic E-state index is 13.6. The molecule has 1 heterocycles. The first kappa shape index (κ1) is 14.9. The molecule has 1 amide bonds. The molecule has 0 aliphatic carbocycles. The van der Waals surface area contributed by atoms with E-state index >= 15 is 0 Å². The molecule has 8 heteroatoms. The van der Waals surface area contributed by atoms with Crippen molar-refractivity contribution in [3.8, 4) is 0 Å². The lowest BCUT2D eigenvalue weighted by Gasteiger charge is -2.07. The minimum atomic E-state index is -1.23. The Balaban J connectivity index is 2.28. The molecule has 21 heavy (non-hydrogen) atoms. The average Bonchev–Trinajstić information content (AvgIpc) is 2.43. The molecule has 0 fully saturated rings. The zero-order valence-corrected chi connectivity index (χ0v) is 11.0. The fraction of sp³-hybridized carbons (Fsp3) is 0. The van der Waals surface area contributed by atoms with Crippen molar-refractivity contribution in [3.63, 3.8) is 0 Å². The summed E-state index contributed by atoms with van der Waals surface area (Å²) in [6, 6.07) is 2.47. The number of hydrogen-bond donors (Lipinski definition) is 2. The van der Waals surface area contributed by atoms with Gasteiger partial charge in [-0.25, -0.2) is 13.6 Å². The van der Waals surface area contributed by atoms with Crippen LogP contribution in [-0.4, -0.2) is 22.0 Å². The second-order valence-electron chi connectivity index (χ2n) is 3.97. The largest absolute Gasteiger partial charge is 0.478 e. The standard InChI is InChI=1S/C13H7ClF2N2O3/c14-9-3-10(15)8(2-11(9)16)12(19)18-7-1-6(13(20)21)4-17-5-7/h1-5H,(H,18,19)(H,20,21). The summed E-state index contributed by atoms with van der Waals surface area (Å²) in [5, 5.41) is 10.6. The minimum absolute atomic E-state index is 0.0367. The number of nitrogens with zero attached hydrogens (tertiary/aromatic N) is 1. The van der Waals surface area contributed by atoms with Crippen molar-refractivity contribution in [2.24, 2.45) is 0 Å². The van der Waals surface area contributed by atoms with Gasteiger partial charge in [-0.3, -0.25) is 9.78 Å². The van der Waals surface area contributed by atoms with Crippen LogP contribution in [0.4, 0.5) is 14.5 Å². The van der Waals surface area contributed by atoms with Crippen LogP contribution in [0, 0.1) is 11.6 Å². The average molecular weight is 313 g/mol. The second kappa shape index (κ2) is 5.84. The Hall–Kier alpha value is -2.54. The Morgan fingerprint density at radius 1 is 1.14 bits per heavy atom. The number of carbonyl (C=O) groups is 2. The molecule has 0 aliphatic heterocycles. The number of pyridine rings is 1. The normalized spacial score (nSPS) is 10.2. The number of rotatable bonds is 3. The van der Waals surface area contributed by atoms with E-state index in [2.05, 4.69) is 10.3 Å². The number of halogens is 3. The minimum Gasteiger partial charge on any atom is -0.478 e. The maximum Gasteiger partial charge on any atom is 0.337 e. The highest BCUT2D eigenvalue weighted by molar-refractivity contribution is 6.30. The first-order valence-corrected chi connectivity index (χ1v) is 5.90. The molecule has 0 aliphatic rings. The van der Waals surface area contributed by atoms with Gasteiger partial charge >= 0.3 is 5.97 Å².